The largest absolute Gasteiger partial charge is 0.481 e. The van der Waals surface area contributed by atoms with Gasteiger partial charge in [-0.3, -0.25) is 9.36 Å². The number of hydrogen-bond acceptors (Lipinski definition) is 4. The van der Waals surface area contributed by atoms with Gasteiger partial charge in [0, 0.05) is 38.1 Å². The molecule has 0 aliphatic rings. The number of aliphatic carboxylic acids is 1. The first kappa shape index (κ1) is 21.4. The van der Waals surface area contributed by atoms with Crippen LogP contribution in [0.3, 0.4) is 0 Å². The fourth-order valence-electron chi connectivity index (χ4n) is 3.95. The molecular weight excluding hydrogens is 461 g/mol. The van der Waals surface area contributed by atoms with Gasteiger partial charge in [-0.25, -0.2) is 9.97 Å². The van der Waals surface area contributed by atoms with E-state index in [0.29, 0.717) is 43.7 Å². The first-order valence-corrected chi connectivity index (χ1v) is 10.9. The minimum absolute atomic E-state index is 0.379. The average Bonchev–Trinajstić information content (AvgIpc) is 3.17. The summed E-state index contributed by atoms with van der Waals surface area (Å²) >= 11 is 12.5. The van der Waals surface area contributed by atoms with E-state index in [0.717, 1.165) is 10.9 Å². The Balaban J connectivity index is 1.79. The van der Waals surface area contributed by atoms with Crippen molar-refractivity contribution in [1.29, 1.82) is 0 Å². The molecule has 1 unspecified atom stereocenters. The predicted octanol–water partition coefficient (Wildman–Crippen LogP) is 6.06. The number of nitrogens with zero attached hydrogens (tertiary/aromatic N) is 3. The summed E-state index contributed by atoms with van der Waals surface area (Å²) in [6, 6.07) is 20.4. The lowest BCUT2D eigenvalue weighted by Crippen LogP contribution is -2.05. The number of carboxylic acid groups (broad SMARTS) is 1. The molecule has 2 heterocycles. The van der Waals surface area contributed by atoms with E-state index >= 15 is 0 Å². The van der Waals surface area contributed by atoms with Crippen molar-refractivity contribution in [2.24, 2.45) is 0 Å². The van der Waals surface area contributed by atoms with Crippen molar-refractivity contribution >= 4 is 51.0 Å². The summed E-state index contributed by atoms with van der Waals surface area (Å²) in [4.78, 5) is 20.8. The Morgan fingerprint density at radius 3 is 2.36 bits per heavy atom. The van der Waals surface area contributed by atoms with E-state index in [9.17, 15) is 15.0 Å². The van der Waals surface area contributed by atoms with Crippen LogP contribution in [0.25, 0.3) is 39.0 Å². The molecule has 0 bridgehead atoms. The lowest BCUT2D eigenvalue weighted by molar-refractivity contribution is -0.139. The normalized spacial score (nSPS) is 12.3. The van der Waals surface area contributed by atoms with E-state index in [-0.39, 0.29) is 0 Å². The van der Waals surface area contributed by atoms with E-state index in [4.69, 9.17) is 33.2 Å². The van der Waals surface area contributed by atoms with Crippen LogP contribution in [0, 0.1) is 0 Å². The molecule has 33 heavy (non-hydrogen) atoms. The van der Waals surface area contributed by atoms with Gasteiger partial charge in [-0.15, -0.1) is 0 Å². The van der Waals surface area contributed by atoms with Crippen molar-refractivity contribution in [2.75, 3.05) is 0 Å². The smallest absolute Gasteiger partial charge is 0.306 e. The molecule has 2 N–H and O–H groups in total. The third-order valence-corrected chi connectivity index (χ3v) is 5.90. The van der Waals surface area contributed by atoms with Gasteiger partial charge in [0.2, 0.25) is 5.95 Å². The Kier molecular flexibility index (Phi) is 5.50. The quantitative estimate of drug-likeness (QED) is 0.321. The minimum Gasteiger partial charge on any atom is -0.481 e. The second kappa shape index (κ2) is 8.48. The molecule has 6 nitrogen and oxygen atoms in total. The van der Waals surface area contributed by atoms with Crippen molar-refractivity contribution in [3.8, 4) is 17.2 Å². The Morgan fingerprint density at radius 1 is 0.939 bits per heavy atom. The highest BCUT2D eigenvalue weighted by atomic mass is 35.5. The zero-order chi connectivity index (χ0) is 23.1. The second-order valence-electron chi connectivity index (χ2n) is 7.63. The van der Waals surface area contributed by atoms with E-state index in [1.165, 1.54) is 0 Å². The highest BCUT2D eigenvalue weighted by Crippen LogP contribution is 2.34. The molecule has 0 fully saturated rings. The molecule has 0 aliphatic heterocycles. The van der Waals surface area contributed by atoms with Gasteiger partial charge < -0.3 is 10.2 Å². The number of halogens is 2. The second-order valence-corrected chi connectivity index (χ2v) is 8.50. The summed E-state index contributed by atoms with van der Waals surface area (Å²) in [6.45, 7) is 0. The van der Waals surface area contributed by atoms with Crippen molar-refractivity contribution in [2.45, 2.75) is 12.5 Å². The lowest BCUT2D eigenvalue weighted by atomic mass is 10.1. The molecule has 5 aromatic rings. The molecule has 8 heteroatoms. The fourth-order valence-corrected chi connectivity index (χ4v) is 4.29. The van der Waals surface area contributed by atoms with Gasteiger partial charge in [-0.1, -0.05) is 53.5 Å². The van der Waals surface area contributed by atoms with E-state index in [1.54, 1.807) is 35.0 Å². The fraction of sp³-hybridized carbons (Fsp3) is 0.0800. The van der Waals surface area contributed by atoms with Crippen LogP contribution >= 0.6 is 23.2 Å². The number of hydrogen-bond donors (Lipinski definition) is 2. The number of carbonyl (C=O) groups is 1. The van der Waals surface area contributed by atoms with Crippen LogP contribution in [-0.2, 0) is 4.79 Å². The first-order chi connectivity index (χ1) is 15.9. The highest BCUT2D eigenvalue weighted by molar-refractivity contribution is 6.31. The molecule has 3 aromatic carbocycles. The number of aliphatic hydroxyl groups excluding tert-OH is 1. The minimum atomic E-state index is -1.21. The number of rotatable bonds is 5. The molecule has 0 spiro atoms. The highest BCUT2D eigenvalue weighted by Gasteiger charge is 2.21. The SMILES string of the molecule is O=C(O)CC(O)c1cn(-c2nc(-c3ccccc3)c3cc(Cl)ccc3n2)c2ccc(Cl)cc12. The van der Waals surface area contributed by atoms with Crippen LogP contribution in [-0.4, -0.2) is 30.7 Å². The van der Waals surface area contributed by atoms with E-state index in [1.807, 2.05) is 42.5 Å². The number of aromatic nitrogens is 3. The van der Waals surface area contributed by atoms with Gasteiger partial charge in [-0.05, 0) is 36.4 Å². The van der Waals surface area contributed by atoms with Gasteiger partial charge >= 0.3 is 5.97 Å². The topological polar surface area (TPSA) is 88.2 Å². The van der Waals surface area contributed by atoms with Gasteiger partial charge in [0.05, 0.1) is 29.3 Å². The van der Waals surface area contributed by atoms with E-state index < -0.39 is 18.5 Å². The third kappa shape index (κ3) is 4.04. The molecule has 0 radical (unpaired) electrons. The van der Waals surface area contributed by atoms with Crippen LogP contribution < -0.4 is 0 Å². The molecular formula is C25H17Cl2N3O3. The number of aliphatic hydroxyl groups is 1. The summed E-state index contributed by atoms with van der Waals surface area (Å²) in [5.41, 5.74) is 3.45. The first-order valence-electron chi connectivity index (χ1n) is 10.1. The van der Waals surface area contributed by atoms with Gasteiger partial charge in [0.15, 0.2) is 0 Å². The zero-order valence-electron chi connectivity index (χ0n) is 17.1. The summed E-state index contributed by atoms with van der Waals surface area (Å²) in [7, 11) is 0. The maximum atomic E-state index is 11.2. The monoisotopic (exact) mass is 477 g/mol. The predicted molar refractivity (Wildman–Crippen MR) is 129 cm³/mol. The molecule has 0 aliphatic carbocycles. The molecule has 1 atom stereocenters. The van der Waals surface area contributed by atoms with Crippen molar-refractivity contribution in [1.82, 2.24) is 14.5 Å². The van der Waals surface area contributed by atoms with Crippen LogP contribution in [0.5, 0.6) is 0 Å². The third-order valence-electron chi connectivity index (χ3n) is 5.43. The summed E-state index contributed by atoms with van der Waals surface area (Å²) in [5, 5.41) is 22.3. The van der Waals surface area contributed by atoms with Crippen molar-refractivity contribution in [3.63, 3.8) is 0 Å². The standard InChI is InChI=1S/C25H17Cl2N3O3/c26-15-6-8-20-18(11-15)24(14-4-2-1-3-5-14)29-25(28-20)30-13-19(22(31)12-23(32)33)17-10-16(27)7-9-21(17)30/h1-11,13,22,31H,12H2,(H,32,33). The molecule has 0 saturated heterocycles. The Labute approximate surface area is 198 Å². The summed E-state index contributed by atoms with van der Waals surface area (Å²) in [6.07, 6.45) is 0.0240. The lowest BCUT2D eigenvalue weighted by Gasteiger charge is -2.11. The van der Waals surface area contributed by atoms with Gasteiger partial charge in [-0.2, -0.15) is 0 Å². The maximum Gasteiger partial charge on any atom is 0.306 e. The van der Waals surface area contributed by atoms with Crippen LogP contribution in [0.15, 0.2) is 72.9 Å². The van der Waals surface area contributed by atoms with Crippen molar-refractivity contribution < 1.29 is 15.0 Å². The molecule has 164 valence electrons. The maximum absolute atomic E-state index is 11.2. The average molecular weight is 478 g/mol. The van der Waals surface area contributed by atoms with Crippen LogP contribution in [0.2, 0.25) is 10.0 Å². The Hall–Kier alpha value is -3.45. The zero-order valence-corrected chi connectivity index (χ0v) is 18.6. The van der Waals surface area contributed by atoms with Gasteiger partial charge in [0.1, 0.15) is 0 Å². The van der Waals surface area contributed by atoms with Crippen LogP contribution in [0.4, 0.5) is 0 Å². The summed E-state index contributed by atoms with van der Waals surface area (Å²) in [5.74, 6) is -0.722. The molecule has 5 rings (SSSR count). The van der Waals surface area contributed by atoms with Crippen LogP contribution in [0.1, 0.15) is 18.1 Å². The number of benzene rings is 3. The Bertz CT molecular complexity index is 1520. The molecule has 0 amide bonds. The summed E-state index contributed by atoms with van der Waals surface area (Å²) < 4.78 is 1.74. The number of fused-ring (bicyclic) bond motifs is 2. The Morgan fingerprint density at radius 2 is 1.64 bits per heavy atom. The van der Waals surface area contributed by atoms with Crippen molar-refractivity contribution in [3.05, 3.63) is 88.5 Å². The van der Waals surface area contributed by atoms with E-state index in [2.05, 4.69) is 0 Å². The molecule has 0 saturated carbocycles. The number of carboxylic acids is 1. The molecule has 2 aromatic heterocycles. The van der Waals surface area contributed by atoms with Gasteiger partial charge in [0.25, 0.3) is 0 Å².